The Balaban J connectivity index is 1.47. The maximum absolute atomic E-state index is 13.2. The predicted octanol–water partition coefficient (Wildman–Crippen LogP) is 4.48. The van der Waals surface area contributed by atoms with Gasteiger partial charge in [-0.05, 0) is 45.0 Å². The second-order valence-corrected chi connectivity index (χ2v) is 9.73. The van der Waals surface area contributed by atoms with Crippen molar-refractivity contribution in [2.75, 3.05) is 23.3 Å². The summed E-state index contributed by atoms with van der Waals surface area (Å²) in [7, 11) is 0. The van der Waals surface area contributed by atoms with Gasteiger partial charge in [0.15, 0.2) is 11.4 Å². The minimum absolute atomic E-state index is 0.257. The Kier molecular flexibility index (Phi) is 5.97. The summed E-state index contributed by atoms with van der Waals surface area (Å²) in [5.74, 6) is -1.07. The SMILES string of the molecule is CCN(CC)c1ccc2cc(-c3nc(C)c(C(=O)CC4(O)C(=O)Nc5ccccc54)s3)c(=O)oc2c1. The third kappa shape index (κ3) is 3.90. The van der Waals surface area contributed by atoms with Crippen molar-refractivity contribution in [2.45, 2.75) is 32.8 Å². The second-order valence-electron chi connectivity index (χ2n) is 8.74. The topological polar surface area (TPSA) is 113 Å². The Morgan fingerprint density at radius 1 is 1.14 bits per heavy atom. The fourth-order valence-electron chi connectivity index (χ4n) is 4.59. The van der Waals surface area contributed by atoms with Crippen LogP contribution in [0, 0.1) is 6.92 Å². The molecular formula is C27H25N3O5S. The van der Waals surface area contributed by atoms with Crippen LogP contribution in [-0.4, -0.2) is 34.9 Å². The number of Topliss-reactive ketones (excluding diaryl/α,β-unsaturated/α-hetero) is 1. The van der Waals surface area contributed by atoms with Crippen molar-refractivity contribution in [3.63, 3.8) is 0 Å². The molecule has 8 nitrogen and oxygen atoms in total. The number of hydrogen-bond donors (Lipinski definition) is 2. The molecular weight excluding hydrogens is 478 g/mol. The molecule has 2 aromatic carbocycles. The molecule has 0 radical (unpaired) electrons. The van der Waals surface area contributed by atoms with E-state index in [1.54, 1.807) is 37.3 Å². The number of benzene rings is 2. The first kappa shape index (κ1) is 23.9. The highest BCUT2D eigenvalue weighted by molar-refractivity contribution is 7.17. The number of amides is 1. The van der Waals surface area contributed by atoms with E-state index < -0.39 is 29.3 Å². The molecule has 1 aliphatic heterocycles. The van der Waals surface area contributed by atoms with Crippen molar-refractivity contribution in [3.05, 3.63) is 75.1 Å². The first-order valence-corrected chi connectivity index (χ1v) is 12.5. The highest BCUT2D eigenvalue weighted by Gasteiger charge is 2.47. The first-order chi connectivity index (χ1) is 17.2. The number of nitrogens with zero attached hydrogens (tertiary/aromatic N) is 2. The first-order valence-electron chi connectivity index (χ1n) is 11.7. The lowest BCUT2D eigenvalue weighted by atomic mass is 9.89. The largest absolute Gasteiger partial charge is 0.422 e. The van der Waals surface area contributed by atoms with Crippen molar-refractivity contribution in [3.8, 4) is 10.6 Å². The highest BCUT2D eigenvalue weighted by atomic mass is 32.1. The average molecular weight is 504 g/mol. The zero-order chi connectivity index (χ0) is 25.6. The van der Waals surface area contributed by atoms with Crippen molar-refractivity contribution >= 4 is 45.4 Å². The molecule has 184 valence electrons. The molecule has 0 saturated carbocycles. The van der Waals surface area contributed by atoms with Crippen molar-refractivity contribution in [1.29, 1.82) is 0 Å². The van der Waals surface area contributed by atoms with Gasteiger partial charge in [0.2, 0.25) is 0 Å². The summed E-state index contributed by atoms with van der Waals surface area (Å²) in [6.45, 7) is 7.46. The Bertz CT molecular complexity index is 1570. The van der Waals surface area contributed by atoms with E-state index in [2.05, 4.69) is 29.0 Å². The molecule has 1 amide bonds. The summed E-state index contributed by atoms with van der Waals surface area (Å²) in [4.78, 5) is 45.5. The number of carbonyl (C=O) groups excluding carboxylic acids is 2. The summed E-state index contributed by atoms with van der Waals surface area (Å²) in [5, 5.41) is 14.8. The number of para-hydroxylation sites is 1. The Labute approximate surface area is 211 Å². The van der Waals surface area contributed by atoms with Crippen LogP contribution in [0.4, 0.5) is 11.4 Å². The zero-order valence-corrected chi connectivity index (χ0v) is 20.9. The van der Waals surface area contributed by atoms with Crippen molar-refractivity contribution in [2.24, 2.45) is 0 Å². The van der Waals surface area contributed by atoms with Crippen LogP contribution in [0.1, 0.15) is 41.2 Å². The molecule has 1 aliphatic rings. The molecule has 4 aromatic rings. The number of carbonyl (C=O) groups is 2. The lowest BCUT2D eigenvalue weighted by Gasteiger charge is -2.20. The van der Waals surface area contributed by atoms with Crippen molar-refractivity contribution < 1.29 is 19.1 Å². The van der Waals surface area contributed by atoms with Gasteiger partial charge in [-0.25, -0.2) is 9.78 Å². The fraction of sp³-hybridized carbons (Fsp3) is 0.259. The lowest BCUT2D eigenvalue weighted by Crippen LogP contribution is -2.36. The van der Waals surface area contributed by atoms with Gasteiger partial charge in [-0.1, -0.05) is 18.2 Å². The maximum Gasteiger partial charge on any atom is 0.346 e. The number of ketones is 1. The summed E-state index contributed by atoms with van der Waals surface area (Å²) in [6.07, 6.45) is -0.432. The maximum atomic E-state index is 13.2. The second kappa shape index (κ2) is 9.00. The van der Waals surface area contributed by atoms with Gasteiger partial charge < -0.3 is 19.7 Å². The number of aliphatic hydroxyl groups is 1. The van der Waals surface area contributed by atoms with E-state index in [9.17, 15) is 19.5 Å². The third-order valence-corrected chi connectivity index (χ3v) is 7.77. The molecule has 5 rings (SSSR count). The molecule has 2 N–H and O–H groups in total. The molecule has 0 spiro atoms. The monoisotopic (exact) mass is 503 g/mol. The smallest absolute Gasteiger partial charge is 0.346 e. The summed E-state index contributed by atoms with van der Waals surface area (Å²) in [6, 6.07) is 14.2. The normalized spacial score (nSPS) is 16.7. The predicted molar refractivity (Wildman–Crippen MR) is 140 cm³/mol. The minimum atomic E-state index is -1.96. The number of thiazole rings is 1. The summed E-state index contributed by atoms with van der Waals surface area (Å²) in [5.41, 5.74) is 0.467. The molecule has 3 heterocycles. The zero-order valence-electron chi connectivity index (χ0n) is 20.1. The van der Waals surface area contributed by atoms with Gasteiger partial charge in [-0.3, -0.25) is 9.59 Å². The fourth-order valence-corrected chi connectivity index (χ4v) is 5.60. The standard InChI is InChI=1S/C27H25N3O5S/c1-4-30(5-2)17-11-10-16-12-18(25(32)35-22(16)13-17)24-28-15(3)23(36-24)21(31)14-27(34)19-8-6-7-9-20(19)29-26(27)33/h6-13,34H,4-5,14H2,1-3H3,(H,29,33). The van der Waals surface area contributed by atoms with Crippen LogP contribution in [0.3, 0.4) is 0 Å². The van der Waals surface area contributed by atoms with Crippen LogP contribution in [-0.2, 0) is 10.4 Å². The van der Waals surface area contributed by atoms with Crippen LogP contribution < -0.4 is 15.8 Å². The highest BCUT2D eigenvalue weighted by Crippen LogP contribution is 2.40. The third-order valence-electron chi connectivity index (χ3n) is 6.54. The van der Waals surface area contributed by atoms with Crippen LogP contribution in [0.25, 0.3) is 21.5 Å². The molecule has 1 unspecified atom stereocenters. The van der Waals surface area contributed by atoms with Crippen molar-refractivity contribution in [1.82, 2.24) is 4.98 Å². The molecule has 0 aliphatic carbocycles. The number of nitrogens with one attached hydrogen (secondary N) is 1. The molecule has 9 heteroatoms. The van der Waals surface area contributed by atoms with Gasteiger partial charge in [-0.15, -0.1) is 11.3 Å². The Hall–Kier alpha value is -3.82. The van der Waals surface area contributed by atoms with E-state index in [0.717, 1.165) is 35.5 Å². The number of hydrogen-bond acceptors (Lipinski definition) is 8. The Morgan fingerprint density at radius 2 is 1.89 bits per heavy atom. The van der Waals surface area contributed by atoms with Gasteiger partial charge in [0.1, 0.15) is 10.6 Å². The van der Waals surface area contributed by atoms with E-state index in [1.807, 2.05) is 18.2 Å². The number of fused-ring (bicyclic) bond motifs is 2. The summed E-state index contributed by atoms with van der Waals surface area (Å²) >= 11 is 1.05. The van der Waals surface area contributed by atoms with E-state index in [0.29, 0.717) is 27.5 Å². The van der Waals surface area contributed by atoms with Gasteiger partial charge in [0, 0.05) is 41.5 Å². The van der Waals surface area contributed by atoms with E-state index in [1.165, 1.54) is 0 Å². The molecule has 0 bridgehead atoms. The number of aryl methyl sites for hydroxylation is 1. The van der Waals surface area contributed by atoms with Gasteiger partial charge >= 0.3 is 5.63 Å². The van der Waals surface area contributed by atoms with E-state index in [4.69, 9.17) is 4.42 Å². The number of rotatable bonds is 7. The van der Waals surface area contributed by atoms with E-state index >= 15 is 0 Å². The number of aromatic nitrogens is 1. The minimum Gasteiger partial charge on any atom is -0.422 e. The Morgan fingerprint density at radius 3 is 2.64 bits per heavy atom. The van der Waals surface area contributed by atoms with Crippen LogP contribution in [0.5, 0.6) is 0 Å². The van der Waals surface area contributed by atoms with Crippen LogP contribution in [0.2, 0.25) is 0 Å². The molecule has 2 aromatic heterocycles. The molecule has 36 heavy (non-hydrogen) atoms. The summed E-state index contributed by atoms with van der Waals surface area (Å²) < 4.78 is 5.62. The van der Waals surface area contributed by atoms with Gasteiger partial charge in [0.05, 0.1) is 22.6 Å². The number of anilines is 2. The van der Waals surface area contributed by atoms with Crippen LogP contribution >= 0.6 is 11.3 Å². The molecule has 0 fully saturated rings. The lowest BCUT2D eigenvalue weighted by molar-refractivity contribution is -0.133. The van der Waals surface area contributed by atoms with Crippen LogP contribution in [0.15, 0.2) is 57.7 Å². The van der Waals surface area contributed by atoms with Gasteiger partial charge in [-0.2, -0.15) is 0 Å². The van der Waals surface area contributed by atoms with Gasteiger partial charge in [0.25, 0.3) is 5.91 Å². The quantitative estimate of drug-likeness (QED) is 0.282. The average Bonchev–Trinajstić information content (AvgIpc) is 3.36. The van der Waals surface area contributed by atoms with E-state index in [-0.39, 0.29) is 10.4 Å². The molecule has 1 atom stereocenters. The molecule has 0 saturated heterocycles.